The number of hydrogen-bond donors (Lipinski definition) is 1. The summed E-state index contributed by atoms with van der Waals surface area (Å²) in [5, 5.41) is 11.0. The molecule has 158 valence electrons. The number of benzene rings is 2. The minimum absolute atomic E-state index is 0.132. The third kappa shape index (κ3) is 3.71. The Morgan fingerprint density at radius 1 is 1.40 bits per heavy atom. The average Bonchev–Trinajstić information content (AvgIpc) is 3.31. The average molecular weight is 452 g/mol. The lowest BCUT2D eigenvalue weighted by atomic mass is 10.1. The van der Waals surface area contributed by atoms with Crippen molar-refractivity contribution in [3.05, 3.63) is 59.3 Å². The van der Waals surface area contributed by atoms with Crippen LogP contribution in [0.2, 0.25) is 0 Å². The molecule has 30 heavy (non-hydrogen) atoms. The van der Waals surface area contributed by atoms with E-state index in [-0.39, 0.29) is 23.7 Å². The van der Waals surface area contributed by atoms with Crippen LogP contribution < -0.4 is 23.2 Å². The standard InChI is InChI=1S/C18H17FN4O5S2/c1-11(12-4-3-5-13(6-12)27-2)22-10-28-16-8-17(14(19)7-15(16)22)30(25,26)21-18-20-9-23(24)29-18/h3-9,11H,10H2,1-2H3,(H,20,21). The van der Waals surface area contributed by atoms with Crippen LogP contribution >= 0.6 is 11.5 Å². The van der Waals surface area contributed by atoms with Crippen LogP contribution in [0.3, 0.4) is 0 Å². The lowest BCUT2D eigenvalue weighted by Gasteiger charge is -2.25. The third-order valence-electron chi connectivity index (χ3n) is 4.68. The van der Waals surface area contributed by atoms with Crippen molar-refractivity contribution < 1.29 is 26.4 Å². The van der Waals surface area contributed by atoms with Gasteiger partial charge in [-0.05, 0) is 29.6 Å². The largest absolute Gasteiger partial charge is 0.700 e. The molecule has 1 aromatic heterocycles. The maximum atomic E-state index is 14.8. The van der Waals surface area contributed by atoms with E-state index in [2.05, 4.69) is 9.71 Å². The highest BCUT2D eigenvalue weighted by atomic mass is 32.2. The number of rotatable bonds is 6. The molecule has 0 radical (unpaired) electrons. The molecule has 0 saturated carbocycles. The van der Waals surface area contributed by atoms with Crippen LogP contribution in [0.1, 0.15) is 18.5 Å². The molecule has 0 aliphatic carbocycles. The lowest BCUT2D eigenvalue weighted by molar-refractivity contribution is -0.532. The molecule has 0 bridgehead atoms. The van der Waals surface area contributed by atoms with Crippen molar-refractivity contribution in [2.24, 2.45) is 0 Å². The second-order valence-electron chi connectivity index (χ2n) is 6.48. The number of fused-ring (bicyclic) bond motifs is 1. The summed E-state index contributed by atoms with van der Waals surface area (Å²) in [6.45, 7) is 2.06. The van der Waals surface area contributed by atoms with Crippen LogP contribution in [0, 0.1) is 11.0 Å². The zero-order valence-corrected chi connectivity index (χ0v) is 17.5. The summed E-state index contributed by atoms with van der Waals surface area (Å²) in [6, 6.07) is 9.55. The van der Waals surface area contributed by atoms with E-state index in [0.29, 0.717) is 27.1 Å². The highest BCUT2D eigenvalue weighted by Crippen LogP contribution is 2.42. The van der Waals surface area contributed by atoms with Gasteiger partial charge in [0, 0.05) is 12.1 Å². The van der Waals surface area contributed by atoms with E-state index in [4.69, 9.17) is 9.47 Å². The number of hydrogen-bond acceptors (Lipinski definition) is 8. The van der Waals surface area contributed by atoms with Crippen LogP contribution in [-0.2, 0) is 10.0 Å². The molecule has 1 aliphatic heterocycles. The molecule has 0 spiro atoms. The fraction of sp³-hybridized carbons (Fsp3) is 0.222. The number of nitrogens with one attached hydrogen (secondary N) is 1. The number of sulfonamides is 1. The zero-order valence-electron chi connectivity index (χ0n) is 15.9. The van der Waals surface area contributed by atoms with Crippen LogP contribution in [-0.4, -0.2) is 27.2 Å². The van der Waals surface area contributed by atoms with Gasteiger partial charge in [0.1, 0.15) is 33.7 Å². The number of halogens is 1. The van der Waals surface area contributed by atoms with Crippen molar-refractivity contribution >= 4 is 32.4 Å². The first-order chi connectivity index (χ1) is 14.3. The maximum Gasteiger partial charge on any atom is 0.348 e. The molecule has 3 aromatic rings. The highest BCUT2D eigenvalue weighted by molar-refractivity contribution is 7.93. The smallest absolute Gasteiger partial charge is 0.348 e. The molecule has 1 unspecified atom stereocenters. The second-order valence-corrected chi connectivity index (χ2v) is 9.06. The van der Waals surface area contributed by atoms with Gasteiger partial charge in [0.15, 0.2) is 6.73 Å². The summed E-state index contributed by atoms with van der Waals surface area (Å²) >= 11 is 0.533. The molecule has 12 heteroatoms. The van der Waals surface area contributed by atoms with Gasteiger partial charge in [-0.15, -0.1) is 0 Å². The lowest BCUT2D eigenvalue weighted by Crippen LogP contribution is -2.25. The quantitative estimate of drug-likeness (QED) is 0.452. The Morgan fingerprint density at radius 2 is 2.20 bits per heavy atom. The minimum Gasteiger partial charge on any atom is -0.700 e. The molecule has 9 nitrogen and oxygen atoms in total. The third-order valence-corrected chi connectivity index (χ3v) is 6.82. The van der Waals surface area contributed by atoms with E-state index in [1.54, 1.807) is 7.11 Å². The second kappa shape index (κ2) is 7.61. The van der Waals surface area contributed by atoms with Gasteiger partial charge < -0.3 is 19.6 Å². The minimum atomic E-state index is -4.30. The predicted octanol–water partition coefficient (Wildman–Crippen LogP) is 2.64. The molecule has 0 amide bonds. The molecule has 1 N–H and O–H groups in total. The first kappa shape index (κ1) is 20.2. The van der Waals surface area contributed by atoms with Crippen molar-refractivity contribution in [2.75, 3.05) is 23.5 Å². The predicted molar refractivity (Wildman–Crippen MR) is 108 cm³/mol. The molecule has 1 aliphatic rings. The van der Waals surface area contributed by atoms with E-state index in [1.807, 2.05) is 36.1 Å². The summed E-state index contributed by atoms with van der Waals surface area (Å²) < 4.78 is 53.3. The van der Waals surface area contributed by atoms with Gasteiger partial charge in [0.2, 0.25) is 0 Å². The topological polar surface area (TPSA) is 108 Å². The summed E-state index contributed by atoms with van der Waals surface area (Å²) in [6.07, 6.45) is 0.905. The van der Waals surface area contributed by atoms with Crippen LogP contribution in [0.5, 0.6) is 11.5 Å². The Labute approximate surface area is 176 Å². The summed E-state index contributed by atoms with van der Waals surface area (Å²) in [5.41, 5.74) is 1.37. The van der Waals surface area contributed by atoms with Gasteiger partial charge in [0.05, 0.1) is 18.8 Å². The molecule has 2 aromatic carbocycles. The zero-order chi connectivity index (χ0) is 21.5. The normalized spacial score (nSPS) is 14.2. The van der Waals surface area contributed by atoms with Gasteiger partial charge in [-0.2, -0.15) is 4.12 Å². The Balaban J connectivity index is 1.64. The van der Waals surface area contributed by atoms with Gasteiger partial charge in [0.25, 0.3) is 10.0 Å². The number of nitrogens with zero attached hydrogens (tertiary/aromatic N) is 3. The SMILES string of the molecule is COc1cccc(C(C)N2COc3cc(S(=O)(=O)Nc4nc[n+]([O-])s4)c(F)cc32)c1. The molecule has 4 rings (SSSR count). The highest BCUT2D eigenvalue weighted by Gasteiger charge is 2.31. The van der Waals surface area contributed by atoms with Crippen molar-refractivity contribution in [3.63, 3.8) is 0 Å². The Kier molecular flexibility index (Phi) is 5.12. The maximum absolute atomic E-state index is 14.8. The Morgan fingerprint density at radius 3 is 2.90 bits per heavy atom. The van der Waals surface area contributed by atoms with E-state index in [1.165, 1.54) is 0 Å². The van der Waals surface area contributed by atoms with Crippen LogP contribution in [0.25, 0.3) is 0 Å². The molecular weight excluding hydrogens is 435 g/mol. The Bertz CT molecular complexity index is 1200. The first-order valence-electron chi connectivity index (χ1n) is 8.74. The fourth-order valence-corrected chi connectivity index (χ4v) is 4.94. The number of ether oxygens (including phenoxy) is 2. The van der Waals surface area contributed by atoms with Crippen molar-refractivity contribution in [1.82, 2.24) is 4.98 Å². The van der Waals surface area contributed by atoms with Crippen LogP contribution in [0.15, 0.2) is 47.6 Å². The van der Waals surface area contributed by atoms with Crippen molar-refractivity contribution in [3.8, 4) is 11.5 Å². The number of anilines is 2. The van der Waals surface area contributed by atoms with E-state index in [0.717, 1.165) is 24.0 Å². The summed E-state index contributed by atoms with van der Waals surface area (Å²) in [7, 11) is -2.72. The monoisotopic (exact) mass is 452 g/mol. The molecule has 0 saturated heterocycles. The number of aromatic nitrogens is 2. The molecule has 0 fully saturated rings. The Hall–Kier alpha value is -3.12. The van der Waals surface area contributed by atoms with Gasteiger partial charge >= 0.3 is 11.5 Å². The van der Waals surface area contributed by atoms with E-state index >= 15 is 0 Å². The molecular formula is C18H17FN4O5S2. The van der Waals surface area contributed by atoms with Gasteiger partial charge in [-0.3, -0.25) is 0 Å². The van der Waals surface area contributed by atoms with Crippen molar-refractivity contribution in [1.29, 1.82) is 0 Å². The molecule has 1 atom stereocenters. The summed E-state index contributed by atoms with van der Waals surface area (Å²) in [5.74, 6) is -0.00864. The molecule has 2 heterocycles. The summed E-state index contributed by atoms with van der Waals surface area (Å²) in [4.78, 5) is 4.84. The van der Waals surface area contributed by atoms with Crippen molar-refractivity contribution in [2.45, 2.75) is 17.9 Å². The van der Waals surface area contributed by atoms with Crippen LogP contribution in [0.4, 0.5) is 15.2 Å². The van der Waals surface area contributed by atoms with E-state index in [9.17, 15) is 18.0 Å². The number of methoxy groups -OCH3 is 1. The van der Waals surface area contributed by atoms with Gasteiger partial charge in [-0.1, -0.05) is 12.1 Å². The first-order valence-corrected chi connectivity index (χ1v) is 11.0. The van der Waals surface area contributed by atoms with E-state index < -0.39 is 20.7 Å². The van der Waals surface area contributed by atoms with Gasteiger partial charge in [-0.25, -0.2) is 17.5 Å². The fourth-order valence-electron chi connectivity index (χ4n) is 3.13.